The molecule has 78 valence electrons. The third-order valence-electron chi connectivity index (χ3n) is 2.42. The number of pyridine rings is 1. The van der Waals surface area contributed by atoms with Gasteiger partial charge < -0.3 is 0 Å². The van der Waals surface area contributed by atoms with Crippen LogP contribution in [0.25, 0.3) is 16.6 Å². The van der Waals surface area contributed by atoms with Crippen LogP contribution in [0.1, 0.15) is 0 Å². The third-order valence-corrected chi connectivity index (χ3v) is 2.83. The molecule has 0 amide bonds. The summed E-state index contributed by atoms with van der Waals surface area (Å²) >= 11 is 3.38. The van der Waals surface area contributed by atoms with Gasteiger partial charge in [-0.2, -0.15) is 5.10 Å². The molecule has 4 heteroatoms. The van der Waals surface area contributed by atoms with Gasteiger partial charge in [0.05, 0.1) is 10.7 Å². The van der Waals surface area contributed by atoms with Crippen molar-refractivity contribution < 1.29 is 0 Å². The van der Waals surface area contributed by atoms with Crippen LogP contribution in [0.5, 0.6) is 0 Å². The first-order valence-corrected chi connectivity index (χ1v) is 5.68. The molecule has 2 heterocycles. The number of nitrogens with zero attached hydrogens (tertiary/aromatic N) is 3. The quantitative estimate of drug-likeness (QED) is 0.682. The summed E-state index contributed by atoms with van der Waals surface area (Å²) in [5.41, 5.74) is 0. The van der Waals surface area contributed by atoms with Gasteiger partial charge in [-0.15, -0.1) is 0 Å². The summed E-state index contributed by atoms with van der Waals surface area (Å²) in [5.74, 6) is 0.851. The van der Waals surface area contributed by atoms with Crippen molar-refractivity contribution in [3.05, 3.63) is 53.4 Å². The number of benzene rings is 1. The zero-order chi connectivity index (χ0) is 11.0. The Labute approximate surface area is 101 Å². The molecule has 0 saturated carbocycles. The Hall–Kier alpha value is -1.68. The van der Waals surface area contributed by atoms with Crippen molar-refractivity contribution in [2.45, 2.75) is 0 Å². The summed E-state index contributed by atoms with van der Waals surface area (Å²) in [5, 5.41) is 6.51. The van der Waals surface area contributed by atoms with Crippen LogP contribution in [0.2, 0.25) is 0 Å². The molecule has 1 aromatic carbocycles. The van der Waals surface area contributed by atoms with Crippen LogP contribution in [0.15, 0.2) is 53.4 Å². The van der Waals surface area contributed by atoms with Crippen LogP contribution >= 0.6 is 15.9 Å². The predicted octanol–water partition coefficient (Wildman–Crippen LogP) is 3.18. The fourth-order valence-electron chi connectivity index (χ4n) is 1.70. The molecule has 0 unspecified atom stereocenters. The Morgan fingerprint density at radius 3 is 2.81 bits per heavy atom. The fourth-order valence-corrected chi connectivity index (χ4v) is 1.99. The summed E-state index contributed by atoms with van der Waals surface area (Å²) in [6, 6.07) is 10.1. The molecular formula is C12H8BrN3. The minimum atomic E-state index is 0.851. The minimum absolute atomic E-state index is 0.851. The average Bonchev–Trinajstić information content (AvgIpc) is 2.75. The number of rotatable bonds is 1. The van der Waals surface area contributed by atoms with Crippen LogP contribution in [-0.4, -0.2) is 14.8 Å². The second kappa shape index (κ2) is 3.72. The van der Waals surface area contributed by atoms with E-state index in [0.29, 0.717) is 0 Å². The van der Waals surface area contributed by atoms with Gasteiger partial charge in [0, 0.05) is 17.8 Å². The largest absolute Gasteiger partial charge is 0.237 e. The molecule has 2 aromatic heterocycles. The average molecular weight is 274 g/mol. The van der Waals surface area contributed by atoms with Gasteiger partial charge in [-0.25, -0.2) is 9.67 Å². The third kappa shape index (κ3) is 1.51. The maximum Gasteiger partial charge on any atom is 0.161 e. The van der Waals surface area contributed by atoms with Crippen molar-refractivity contribution in [3.63, 3.8) is 0 Å². The summed E-state index contributed by atoms with van der Waals surface area (Å²) < 4.78 is 2.72. The zero-order valence-corrected chi connectivity index (χ0v) is 9.92. The lowest BCUT2D eigenvalue weighted by molar-refractivity contribution is 0.856. The standard InChI is InChI=1S/C12H8BrN3/c13-10-7-15-16(8-10)12-11-4-2-1-3-9(11)5-6-14-12/h1-8H. The van der Waals surface area contributed by atoms with Crippen molar-refractivity contribution in [3.8, 4) is 5.82 Å². The lowest BCUT2D eigenvalue weighted by atomic mass is 10.2. The first-order chi connectivity index (χ1) is 7.84. The summed E-state index contributed by atoms with van der Waals surface area (Å²) in [7, 11) is 0. The first kappa shape index (κ1) is 9.54. The van der Waals surface area contributed by atoms with Gasteiger partial charge in [-0.05, 0) is 27.4 Å². The van der Waals surface area contributed by atoms with Crippen molar-refractivity contribution in [2.75, 3.05) is 0 Å². The summed E-state index contributed by atoms with van der Waals surface area (Å²) in [6.45, 7) is 0. The Morgan fingerprint density at radius 1 is 1.12 bits per heavy atom. The number of halogens is 1. The molecule has 3 nitrogen and oxygen atoms in total. The van der Waals surface area contributed by atoms with E-state index in [1.807, 2.05) is 30.5 Å². The summed E-state index contributed by atoms with van der Waals surface area (Å²) in [4.78, 5) is 4.37. The highest BCUT2D eigenvalue weighted by Gasteiger charge is 2.04. The van der Waals surface area contributed by atoms with E-state index in [4.69, 9.17) is 0 Å². The van der Waals surface area contributed by atoms with E-state index in [0.717, 1.165) is 15.7 Å². The van der Waals surface area contributed by atoms with Gasteiger partial charge in [0.2, 0.25) is 0 Å². The van der Waals surface area contributed by atoms with Crippen LogP contribution in [-0.2, 0) is 0 Å². The van der Waals surface area contributed by atoms with Crippen molar-refractivity contribution in [1.82, 2.24) is 14.8 Å². The number of hydrogen-bond acceptors (Lipinski definition) is 2. The topological polar surface area (TPSA) is 30.7 Å². The van der Waals surface area contributed by atoms with Gasteiger partial charge in [0.15, 0.2) is 5.82 Å². The predicted molar refractivity (Wildman–Crippen MR) is 66.6 cm³/mol. The SMILES string of the molecule is Brc1cnn(-c2nccc3ccccc23)c1. The van der Waals surface area contributed by atoms with E-state index < -0.39 is 0 Å². The highest BCUT2D eigenvalue weighted by atomic mass is 79.9. The van der Waals surface area contributed by atoms with Gasteiger partial charge in [0.1, 0.15) is 0 Å². The maximum absolute atomic E-state index is 4.37. The number of fused-ring (bicyclic) bond motifs is 1. The molecule has 0 spiro atoms. The molecule has 0 bridgehead atoms. The molecule has 0 saturated heterocycles. The second-order valence-electron chi connectivity index (χ2n) is 3.46. The molecule has 3 aromatic rings. The molecule has 3 rings (SSSR count). The van der Waals surface area contributed by atoms with Crippen LogP contribution < -0.4 is 0 Å². The monoisotopic (exact) mass is 273 g/mol. The summed E-state index contributed by atoms with van der Waals surface area (Å²) in [6.07, 6.45) is 5.45. The van der Waals surface area contributed by atoms with Crippen LogP contribution in [0, 0.1) is 0 Å². The van der Waals surface area contributed by atoms with E-state index in [1.54, 1.807) is 17.1 Å². The fraction of sp³-hybridized carbons (Fsp3) is 0. The Bertz CT molecular complexity index is 640. The molecule has 16 heavy (non-hydrogen) atoms. The van der Waals surface area contributed by atoms with E-state index in [9.17, 15) is 0 Å². The smallest absolute Gasteiger partial charge is 0.161 e. The van der Waals surface area contributed by atoms with Gasteiger partial charge in [-0.1, -0.05) is 24.3 Å². The van der Waals surface area contributed by atoms with Crippen molar-refractivity contribution in [2.24, 2.45) is 0 Å². The Morgan fingerprint density at radius 2 is 2.00 bits per heavy atom. The normalized spacial score (nSPS) is 10.8. The molecule has 0 aliphatic carbocycles. The van der Waals surface area contributed by atoms with Gasteiger partial charge >= 0.3 is 0 Å². The highest BCUT2D eigenvalue weighted by molar-refractivity contribution is 9.10. The molecule has 0 aliphatic rings. The molecule has 0 atom stereocenters. The van der Waals surface area contributed by atoms with Crippen molar-refractivity contribution >= 4 is 26.7 Å². The zero-order valence-electron chi connectivity index (χ0n) is 8.34. The molecular weight excluding hydrogens is 266 g/mol. The number of aromatic nitrogens is 3. The maximum atomic E-state index is 4.37. The molecule has 0 radical (unpaired) electrons. The van der Waals surface area contributed by atoms with E-state index in [-0.39, 0.29) is 0 Å². The van der Waals surface area contributed by atoms with E-state index >= 15 is 0 Å². The Kier molecular flexibility index (Phi) is 2.22. The molecule has 0 aliphatic heterocycles. The van der Waals surface area contributed by atoms with E-state index in [1.165, 1.54) is 5.39 Å². The van der Waals surface area contributed by atoms with Gasteiger partial charge in [-0.3, -0.25) is 0 Å². The lowest BCUT2D eigenvalue weighted by Crippen LogP contribution is -1.98. The first-order valence-electron chi connectivity index (χ1n) is 4.89. The van der Waals surface area contributed by atoms with Crippen LogP contribution in [0.3, 0.4) is 0 Å². The Balaban J connectivity index is 2.31. The van der Waals surface area contributed by atoms with Crippen LogP contribution in [0.4, 0.5) is 0 Å². The highest BCUT2D eigenvalue weighted by Crippen LogP contribution is 2.20. The van der Waals surface area contributed by atoms with E-state index in [2.05, 4.69) is 32.1 Å². The lowest BCUT2D eigenvalue weighted by Gasteiger charge is -2.04. The molecule has 0 fully saturated rings. The minimum Gasteiger partial charge on any atom is -0.237 e. The number of hydrogen-bond donors (Lipinski definition) is 0. The van der Waals surface area contributed by atoms with Crippen molar-refractivity contribution in [1.29, 1.82) is 0 Å². The van der Waals surface area contributed by atoms with Gasteiger partial charge in [0.25, 0.3) is 0 Å². The molecule has 0 N–H and O–H groups in total. The second-order valence-corrected chi connectivity index (χ2v) is 4.37.